The Morgan fingerprint density at radius 3 is 2.46 bits per heavy atom. The highest BCUT2D eigenvalue weighted by atomic mass is 32.1. The van der Waals surface area contributed by atoms with Crippen molar-refractivity contribution in [3.8, 4) is 16.9 Å². The van der Waals surface area contributed by atoms with Gasteiger partial charge in [-0.15, -0.1) is 0 Å². The number of rotatable bonds is 4. The van der Waals surface area contributed by atoms with Gasteiger partial charge >= 0.3 is 0 Å². The average molecular weight is 398 g/mol. The van der Waals surface area contributed by atoms with Gasteiger partial charge in [-0.2, -0.15) is 0 Å². The van der Waals surface area contributed by atoms with Crippen molar-refractivity contribution >= 4 is 34.6 Å². The molecule has 1 N–H and O–H groups in total. The van der Waals surface area contributed by atoms with E-state index in [1.807, 2.05) is 17.0 Å². The molecule has 0 atom stereocenters. The van der Waals surface area contributed by atoms with Crippen molar-refractivity contribution in [1.82, 2.24) is 5.32 Å². The number of morpholine rings is 1. The third kappa shape index (κ3) is 3.55. The lowest BCUT2D eigenvalue weighted by molar-refractivity contribution is -0.117. The quantitative estimate of drug-likeness (QED) is 0.801. The third-order valence-corrected chi connectivity index (χ3v) is 5.44. The van der Waals surface area contributed by atoms with Crippen molar-refractivity contribution in [2.45, 2.75) is 6.92 Å². The van der Waals surface area contributed by atoms with Crippen LogP contribution in [0.5, 0.6) is 5.75 Å². The fourth-order valence-electron chi connectivity index (χ4n) is 3.76. The van der Waals surface area contributed by atoms with Gasteiger partial charge in [-0.05, 0) is 54.5 Å². The van der Waals surface area contributed by atoms with Crippen LogP contribution in [-0.4, -0.2) is 51.0 Å². The van der Waals surface area contributed by atoms with E-state index in [9.17, 15) is 4.79 Å². The molecule has 2 saturated heterocycles. The second-order valence-corrected chi connectivity index (χ2v) is 7.31. The maximum absolute atomic E-state index is 11.8. The molecule has 0 aromatic heterocycles. The van der Waals surface area contributed by atoms with E-state index in [1.165, 1.54) is 5.69 Å². The van der Waals surface area contributed by atoms with Crippen LogP contribution in [0.4, 0.5) is 11.4 Å². The van der Waals surface area contributed by atoms with Gasteiger partial charge in [0.1, 0.15) is 12.3 Å². The molecule has 2 aliphatic heterocycles. The Kier molecular flexibility index (Phi) is 5.19. The molecule has 2 fully saturated rings. The van der Waals surface area contributed by atoms with Crippen LogP contribution in [0.15, 0.2) is 36.4 Å². The third-order valence-electron chi connectivity index (χ3n) is 5.12. The number of hydrogen-bond acceptors (Lipinski definition) is 5. The summed E-state index contributed by atoms with van der Waals surface area (Å²) < 4.78 is 10.8. The lowest BCUT2D eigenvalue weighted by atomic mass is 9.97. The number of aryl methyl sites for hydroxylation is 1. The minimum absolute atomic E-state index is 0.0779. The van der Waals surface area contributed by atoms with Gasteiger partial charge in [0.15, 0.2) is 5.11 Å². The van der Waals surface area contributed by atoms with Crippen LogP contribution in [0, 0.1) is 6.92 Å². The number of thiocarbonyl (C=S) groups is 1. The standard InChI is InChI=1S/C21H23N3O3S/c1-14-11-16(24-13-19(25)22-21(24)28)12-18(15-3-5-17(26-2)6-4-15)20(14)23-7-9-27-10-8-23/h3-6,11-12H,7-10,13H2,1-2H3,(H,22,25,28). The topological polar surface area (TPSA) is 54.0 Å². The molecule has 1 amide bonds. The number of carbonyl (C=O) groups excluding carboxylic acids is 1. The van der Waals surface area contributed by atoms with Crippen LogP contribution < -0.4 is 19.9 Å². The van der Waals surface area contributed by atoms with Gasteiger partial charge in [0.25, 0.3) is 0 Å². The zero-order chi connectivity index (χ0) is 19.7. The van der Waals surface area contributed by atoms with Crippen LogP contribution in [0.3, 0.4) is 0 Å². The van der Waals surface area contributed by atoms with Crippen molar-refractivity contribution in [2.75, 3.05) is 49.8 Å². The van der Waals surface area contributed by atoms with Crippen molar-refractivity contribution in [1.29, 1.82) is 0 Å². The number of nitrogens with zero attached hydrogens (tertiary/aromatic N) is 2. The molecular formula is C21H23N3O3S. The summed E-state index contributed by atoms with van der Waals surface area (Å²) in [4.78, 5) is 16.0. The molecule has 2 heterocycles. The minimum Gasteiger partial charge on any atom is -0.497 e. The van der Waals surface area contributed by atoms with Crippen LogP contribution in [0.2, 0.25) is 0 Å². The maximum Gasteiger partial charge on any atom is 0.246 e. The first-order valence-electron chi connectivity index (χ1n) is 9.30. The minimum atomic E-state index is -0.0779. The van der Waals surface area contributed by atoms with Crippen molar-refractivity contribution in [2.24, 2.45) is 0 Å². The highest BCUT2D eigenvalue weighted by Gasteiger charge is 2.27. The second kappa shape index (κ2) is 7.77. The first kappa shape index (κ1) is 18.7. The first-order valence-corrected chi connectivity index (χ1v) is 9.71. The van der Waals surface area contributed by atoms with E-state index in [4.69, 9.17) is 21.7 Å². The molecule has 7 heteroatoms. The second-order valence-electron chi connectivity index (χ2n) is 6.93. The van der Waals surface area contributed by atoms with Gasteiger partial charge < -0.3 is 24.6 Å². The summed E-state index contributed by atoms with van der Waals surface area (Å²) in [5.74, 6) is 0.742. The molecule has 28 heavy (non-hydrogen) atoms. The predicted molar refractivity (Wildman–Crippen MR) is 114 cm³/mol. The number of methoxy groups -OCH3 is 1. The summed E-state index contributed by atoms with van der Waals surface area (Å²) in [5.41, 5.74) is 5.47. The largest absolute Gasteiger partial charge is 0.497 e. The fourth-order valence-corrected chi connectivity index (χ4v) is 4.05. The molecule has 6 nitrogen and oxygen atoms in total. The van der Waals surface area contributed by atoms with E-state index >= 15 is 0 Å². The van der Waals surface area contributed by atoms with Crippen molar-refractivity contribution in [3.63, 3.8) is 0 Å². The first-order chi connectivity index (χ1) is 13.6. The molecule has 0 aliphatic carbocycles. The summed E-state index contributed by atoms with van der Waals surface area (Å²) in [6.07, 6.45) is 0. The number of amides is 1. The normalized spacial score (nSPS) is 17.1. The molecular weight excluding hydrogens is 374 g/mol. The Labute approximate surface area is 170 Å². The Morgan fingerprint density at radius 1 is 1.14 bits per heavy atom. The molecule has 0 bridgehead atoms. The fraction of sp³-hybridized carbons (Fsp3) is 0.333. The zero-order valence-electron chi connectivity index (χ0n) is 16.0. The van der Waals surface area contributed by atoms with E-state index in [1.54, 1.807) is 7.11 Å². The van der Waals surface area contributed by atoms with Gasteiger partial charge in [0.2, 0.25) is 5.91 Å². The highest BCUT2D eigenvalue weighted by molar-refractivity contribution is 7.80. The SMILES string of the molecule is COc1ccc(-c2cc(N3CC(=O)NC3=S)cc(C)c2N2CCOCC2)cc1. The van der Waals surface area contributed by atoms with E-state index in [2.05, 4.69) is 41.4 Å². The monoisotopic (exact) mass is 397 g/mol. The van der Waals surface area contributed by atoms with Gasteiger partial charge in [-0.25, -0.2) is 0 Å². The van der Waals surface area contributed by atoms with E-state index in [0.717, 1.165) is 54.4 Å². The number of anilines is 2. The van der Waals surface area contributed by atoms with Crippen LogP contribution in [-0.2, 0) is 9.53 Å². The lowest BCUT2D eigenvalue weighted by Gasteiger charge is -2.33. The van der Waals surface area contributed by atoms with Crippen molar-refractivity contribution in [3.05, 3.63) is 42.0 Å². The van der Waals surface area contributed by atoms with Gasteiger partial charge in [0.05, 0.1) is 20.3 Å². The Morgan fingerprint density at radius 2 is 1.86 bits per heavy atom. The zero-order valence-corrected chi connectivity index (χ0v) is 16.8. The smallest absolute Gasteiger partial charge is 0.246 e. The van der Waals surface area contributed by atoms with E-state index in [0.29, 0.717) is 5.11 Å². The number of ether oxygens (including phenoxy) is 2. The molecule has 2 aromatic rings. The Bertz CT molecular complexity index is 908. The molecule has 4 rings (SSSR count). The maximum atomic E-state index is 11.8. The number of carbonyl (C=O) groups is 1. The number of nitrogens with one attached hydrogen (secondary N) is 1. The van der Waals surface area contributed by atoms with Crippen LogP contribution >= 0.6 is 12.2 Å². The molecule has 0 radical (unpaired) electrons. The predicted octanol–water partition coefficient (Wildman–Crippen LogP) is 2.73. The van der Waals surface area contributed by atoms with E-state index in [-0.39, 0.29) is 12.5 Å². The Balaban J connectivity index is 1.82. The summed E-state index contributed by atoms with van der Waals surface area (Å²) in [7, 11) is 1.66. The average Bonchev–Trinajstić information content (AvgIpc) is 3.06. The molecule has 146 valence electrons. The lowest BCUT2D eigenvalue weighted by Crippen LogP contribution is -2.37. The van der Waals surface area contributed by atoms with Crippen LogP contribution in [0.25, 0.3) is 11.1 Å². The highest BCUT2D eigenvalue weighted by Crippen LogP contribution is 2.39. The summed E-state index contributed by atoms with van der Waals surface area (Å²) in [5, 5.41) is 3.16. The van der Waals surface area contributed by atoms with Gasteiger partial charge in [-0.3, -0.25) is 4.79 Å². The summed E-state index contributed by atoms with van der Waals surface area (Å²) in [6.45, 7) is 5.50. The molecule has 0 saturated carbocycles. The van der Waals surface area contributed by atoms with Gasteiger partial charge in [0, 0.05) is 30.0 Å². The number of benzene rings is 2. The molecule has 0 unspecified atom stereocenters. The summed E-state index contributed by atoms with van der Waals surface area (Å²) >= 11 is 5.34. The Hall–Kier alpha value is -2.64. The van der Waals surface area contributed by atoms with Crippen LogP contribution in [0.1, 0.15) is 5.56 Å². The van der Waals surface area contributed by atoms with Crippen molar-refractivity contribution < 1.29 is 14.3 Å². The van der Waals surface area contributed by atoms with E-state index < -0.39 is 0 Å². The molecule has 2 aliphatic rings. The molecule has 2 aromatic carbocycles. The van der Waals surface area contributed by atoms with Gasteiger partial charge in [-0.1, -0.05) is 12.1 Å². The molecule has 0 spiro atoms. The number of hydrogen-bond donors (Lipinski definition) is 1. The summed E-state index contributed by atoms with van der Waals surface area (Å²) in [6, 6.07) is 12.3.